The van der Waals surface area contributed by atoms with Gasteiger partial charge in [-0.25, -0.2) is 0 Å². The van der Waals surface area contributed by atoms with Crippen molar-refractivity contribution in [2.45, 2.75) is 45.2 Å². The molecule has 5 nitrogen and oxygen atoms in total. The van der Waals surface area contributed by atoms with Crippen LogP contribution in [-0.2, 0) is 24.3 Å². The molecule has 0 N–H and O–H groups in total. The van der Waals surface area contributed by atoms with Crippen LogP contribution >= 0.6 is 0 Å². The zero-order chi connectivity index (χ0) is 13.0. The maximum absolute atomic E-state index is 12.4. The molecule has 5 heteroatoms. The highest BCUT2D eigenvalue weighted by Gasteiger charge is 2.48. The standard InChI is InChI=1S/C14H20N4O/c1-17(14(19)11-6-9-5-10(9)7-11)8-13-16-15-12-3-2-4-18(12)13/h9-11H,2-8H2,1H3. The van der Waals surface area contributed by atoms with Crippen molar-refractivity contribution in [1.29, 1.82) is 0 Å². The van der Waals surface area contributed by atoms with Crippen molar-refractivity contribution >= 4 is 5.91 Å². The summed E-state index contributed by atoms with van der Waals surface area (Å²) in [5.74, 6) is 4.33. The van der Waals surface area contributed by atoms with Gasteiger partial charge in [0.25, 0.3) is 0 Å². The molecule has 19 heavy (non-hydrogen) atoms. The molecule has 2 unspecified atom stereocenters. The molecule has 4 rings (SSSR count). The lowest BCUT2D eigenvalue weighted by Crippen LogP contribution is -2.32. The van der Waals surface area contributed by atoms with Crippen LogP contribution in [0.4, 0.5) is 0 Å². The minimum absolute atomic E-state index is 0.273. The quantitative estimate of drug-likeness (QED) is 0.821. The van der Waals surface area contributed by atoms with Crippen molar-refractivity contribution in [3.05, 3.63) is 11.6 Å². The Kier molecular flexibility index (Phi) is 2.44. The Morgan fingerprint density at radius 1 is 1.32 bits per heavy atom. The van der Waals surface area contributed by atoms with Gasteiger partial charge in [0, 0.05) is 25.9 Å². The number of amides is 1. The van der Waals surface area contributed by atoms with E-state index >= 15 is 0 Å². The summed E-state index contributed by atoms with van der Waals surface area (Å²) in [4.78, 5) is 14.3. The first-order chi connectivity index (χ1) is 9.22. The molecule has 102 valence electrons. The molecular formula is C14H20N4O. The second-order valence-corrected chi connectivity index (χ2v) is 6.41. The van der Waals surface area contributed by atoms with Gasteiger partial charge < -0.3 is 9.47 Å². The van der Waals surface area contributed by atoms with Crippen molar-refractivity contribution < 1.29 is 4.79 Å². The van der Waals surface area contributed by atoms with Crippen molar-refractivity contribution in [3.8, 4) is 0 Å². The average Bonchev–Trinajstić information content (AvgIpc) is 2.84. The highest BCUT2D eigenvalue weighted by molar-refractivity contribution is 5.79. The van der Waals surface area contributed by atoms with Gasteiger partial charge in [0.15, 0.2) is 5.82 Å². The van der Waals surface area contributed by atoms with Crippen molar-refractivity contribution in [1.82, 2.24) is 19.7 Å². The Hall–Kier alpha value is -1.39. The lowest BCUT2D eigenvalue weighted by atomic mass is 10.0. The van der Waals surface area contributed by atoms with Crippen LogP contribution in [0.3, 0.4) is 0 Å². The molecule has 0 spiro atoms. The van der Waals surface area contributed by atoms with Gasteiger partial charge in [-0.3, -0.25) is 4.79 Å². The molecule has 1 aromatic heterocycles. The van der Waals surface area contributed by atoms with E-state index < -0.39 is 0 Å². The molecular weight excluding hydrogens is 240 g/mol. The number of fused-ring (bicyclic) bond motifs is 2. The zero-order valence-corrected chi connectivity index (χ0v) is 11.4. The van der Waals surface area contributed by atoms with E-state index in [9.17, 15) is 4.79 Å². The minimum atomic E-state index is 0.273. The highest BCUT2D eigenvalue weighted by Crippen LogP contribution is 2.54. The molecule has 1 aliphatic heterocycles. The van der Waals surface area contributed by atoms with Crippen molar-refractivity contribution in [2.75, 3.05) is 7.05 Å². The predicted octanol–water partition coefficient (Wildman–Crippen LogP) is 1.23. The smallest absolute Gasteiger partial charge is 0.225 e. The molecule has 0 radical (unpaired) electrons. The molecule has 2 fully saturated rings. The second-order valence-electron chi connectivity index (χ2n) is 6.41. The number of hydrogen-bond acceptors (Lipinski definition) is 3. The van der Waals surface area contributed by atoms with Crippen LogP contribution in [-0.4, -0.2) is 32.6 Å². The van der Waals surface area contributed by atoms with Gasteiger partial charge in [0.1, 0.15) is 5.82 Å². The Bertz CT molecular complexity index is 514. The molecule has 0 bridgehead atoms. The third-order valence-electron chi connectivity index (χ3n) is 5.03. The number of carbonyl (C=O) groups is 1. The van der Waals surface area contributed by atoms with Crippen LogP contribution in [0.1, 0.15) is 37.3 Å². The Balaban J connectivity index is 1.42. The fourth-order valence-electron chi connectivity index (χ4n) is 3.85. The van der Waals surface area contributed by atoms with Gasteiger partial charge in [-0.05, 0) is 37.5 Å². The Labute approximate surface area is 113 Å². The summed E-state index contributed by atoms with van der Waals surface area (Å²) in [6.07, 6.45) is 5.78. The minimum Gasteiger partial charge on any atom is -0.338 e. The summed E-state index contributed by atoms with van der Waals surface area (Å²) in [6.45, 7) is 1.62. The molecule has 2 heterocycles. The number of rotatable bonds is 3. The normalized spacial score (nSPS) is 31.1. The average molecular weight is 260 g/mol. The number of carbonyl (C=O) groups excluding carboxylic acids is 1. The lowest BCUT2D eigenvalue weighted by Gasteiger charge is -2.21. The molecule has 1 amide bonds. The number of aryl methyl sites for hydroxylation is 1. The topological polar surface area (TPSA) is 51.0 Å². The van der Waals surface area contributed by atoms with Crippen LogP contribution < -0.4 is 0 Å². The summed E-state index contributed by atoms with van der Waals surface area (Å²) in [6, 6.07) is 0. The van der Waals surface area contributed by atoms with Gasteiger partial charge in [-0.2, -0.15) is 0 Å². The third-order valence-corrected chi connectivity index (χ3v) is 5.03. The summed E-state index contributed by atoms with van der Waals surface area (Å²) in [5.41, 5.74) is 0. The van der Waals surface area contributed by atoms with Gasteiger partial charge in [0.05, 0.1) is 6.54 Å². The monoisotopic (exact) mass is 260 g/mol. The molecule has 0 aromatic carbocycles. The predicted molar refractivity (Wildman–Crippen MR) is 69.1 cm³/mol. The van der Waals surface area contributed by atoms with Crippen LogP contribution in [0.5, 0.6) is 0 Å². The number of hydrogen-bond donors (Lipinski definition) is 0. The molecule has 3 aliphatic rings. The Morgan fingerprint density at radius 3 is 2.89 bits per heavy atom. The molecule has 2 atom stereocenters. The first kappa shape index (κ1) is 11.4. The number of aromatic nitrogens is 3. The van der Waals surface area contributed by atoms with Gasteiger partial charge in [-0.15, -0.1) is 10.2 Å². The van der Waals surface area contributed by atoms with E-state index in [1.807, 2.05) is 11.9 Å². The van der Waals surface area contributed by atoms with E-state index in [4.69, 9.17) is 0 Å². The van der Waals surface area contributed by atoms with E-state index in [2.05, 4.69) is 14.8 Å². The molecule has 0 saturated heterocycles. The van der Waals surface area contributed by atoms with Crippen LogP contribution in [0.25, 0.3) is 0 Å². The van der Waals surface area contributed by atoms with Crippen LogP contribution in [0, 0.1) is 17.8 Å². The van der Waals surface area contributed by atoms with E-state index in [-0.39, 0.29) is 5.92 Å². The van der Waals surface area contributed by atoms with Gasteiger partial charge in [-0.1, -0.05) is 0 Å². The maximum atomic E-state index is 12.4. The van der Waals surface area contributed by atoms with E-state index in [1.165, 1.54) is 6.42 Å². The van der Waals surface area contributed by atoms with Gasteiger partial charge in [0.2, 0.25) is 5.91 Å². The summed E-state index contributed by atoms with van der Waals surface area (Å²) >= 11 is 0. The summed E-state index contributed by atoms with van der Waals surface area (Å²) in [5, 5.41) is 8.43. The summed E-state index contributed by atoms with van der Waals surface area (Å²) < 4.78 is 2.18. The first-order valence-corrected chi connectivity index (χ1v) is 7.38. The zero-order valence-electron chi connectivity index (χ0n) is 11.4. The first-order valence-electron chi connectivity index (χ1n) is 7.38. The van der Waals surface area contributed by atoms with Gasteiger partial charge >= 0.3 is 0 Å². The second kappa shape index (κ2) is 4.05. The van der Waals surface area contributed by atoms with E-state index in [0.717, 1.165) is 55.7 Å². The van der Waals surface area contributed by atoms with E-state index in [0.29, 0.717) is 12.5 Å². The molecule has 1 aromatic rings. The third kappa shape index (κ3) is 1.86. The lowest BCUT2D eigenvalue weighted by molar-refractivity contribution is -0.135. The van der Waals surface area contributed by atoms with E-state index in [1.54, 1.807) is 0 Å². The molecule has 2 aliphatic carbocycles. The van der Waals surface area contributed by atoms with Crippen LogP contribution in [0.15, 0.2) is 0 Å². The Morgan fingerprint density at radius 2 is 2.11 bits per heavy atom. The SMILES string of the molecule is CN(Cc1nnc2n1CCC2)C(=O)C1CC2CC2C1. The summed E-state index contributed by atoms with van der Waals surface area (Å²) in [7, 11) is 1.91. The largest absolute Gasteiger partial charge is 0.338 e. The van der Waals surface area contributed by atoms with Crippen molar-refractivity contribution in [2.24, 2.45) is 17.8 Å². The highest BCUT2D eigenvalue weighted by atomic mass is 16.2. The fourth-order valence-corrected chi connectivity index (χ4v) is 3.85. The maximum Gasteiger partial charge on any atom is 0.225 e. The fraction of sp³-hybridized carbons (Fsp3) is 0.786. The van der Waals surface area contributed by atoms with Crippen molar-refractivity contribution in [3.63, 3.8) is 0 Å². The molecule has 2 saturated carbocycles. The number of nitrogens with zero attached hydrogens (tertiary/aromatic N) is 4. The van der Waals surface area contributed by atoms with Crippen LogP contribution in [0.2, 0.25) is 0 Å².